The van der Waals surface area contributed by atoms with E-state index in [-0.39, 0.29) is 17.9 Å². The van der Waals surface area contributed by atoms with Crippen molar-refractivity contribution in [2.75, 3.05) is 14.1 Å². The maximum absolute atomic E-state index is 12.1. The Labute approximate surface area is 185 Å². The van der Waals surface area contributed by atoms with Crippen LogP contribution in [0.3, 0.4) is 0 Å². The molecule has 0 spiro atoms. The summed E-state index contributed by atoms with van der Waals surface area (Å²) >= 11 is 0. The van der Waals surface area contributed by atoms with Crippen molar-refractivity contribution < 1.29 is 14.1 Å². The number of hydrogen-bond donors (Lipinski definition) is 0. The molecule has 1 amide bonds. The predicted molar refractivity (Wildman–Crippen MR) is 116 cm³/mol. The third-order valence-electron chi connectivity index (χ3n) is 4.86. The second kappa shape index (κ2) is 8.03. The molecule has 0 atom stereocenters. The molecule has 0 saturated heterocycles. The van der Waals surface area contributed by atoms with E-state index in [1.807, 2.05) is 6.92 Å². The second-order valence-electron chi connectivity index (χ2n) is 8.74. The van der Waals surface area contributed by atoms with Crippen molar-refractivity contribution in [2.24, 2.45) is 0 Å². The van der Waals surface area contributed by atoms with E-state index in [9.17, 15) is 4.79 Å². The van der Waals surface area contributed by atoms with Gasteiger partial charge in [-0.15, -0.1) is 10.2 Å². The van der Waals surface area contributed by atoms with Crippen molar-refractivity contribution in [3.05, 3.63) is 53.2 Å². The van der Waals surface area contributed by atoms with E-state index in [2.05, 4.69) is 46.2 Å². The average Bonchev–Trinajstić information content (AvgIpc) is 3.34. The number of aromatic nitrogens is 6. The first-order chi connectivity index (χ1) is 15.1. The zero-order chi connectivity index (χ0) is 23.0. The number of fused-ring (bicyclic) bond motifs is 1. The Kier molecular flexibility index (Phi) is 5.37. The molecule has 4 aromatic rings. The number of nitrogens with zero attached hydrogens (tertiary/aromatic N) is 7. The lowest BCUT2D eigenvalue weighted by Crippen LogP contribution is -2.21. The highest BCUT2D eigenvalue weighted by Gasteiger charge is 2.28. The average molecular weight is 435 g/mol. The normalized spacial score (nSPS) is 11.7. The van der Waals surface area contributed by atoms with Gasteiger partial charge in [0.2, 0.25) is 11.7 Å². The first-order valence-corrected chi connectivity index (χ1v) is 10.1. The summed E-state index contributed by atoms with van der Waals surface area (Å²) in [5.74, 6) is 1.49. The predicted octanol–water partition coefficient (Wildman–Crippen LogP) is 3.06. The van der Waals surface area contributed by atoms with Gasteiger partial charge in [-0.3, -0.25) is 9.78 Å². The molecule has 0 radical (unpaired) electrons. The molecule has 0 N–H and O–H groups in total. The Hall–Kier alpha value is -3.82. The zero-order valence-electron chi connectivity index (χ0n) is 18.9. The highest BCUT2D eigenvalue weighted by atomic mass is 16.5. The largest absolute Gasteiger partial charge is 0.470 e. The Morgan fingerprint density at radius 2 is 2.00 bits per heavy atom. The number of aryl methyl sites for hydroxylation is 1. The van der Waals surface area contributed by atoms with E-state index in [1.54, 1.807) is 49.2 Å². The summed E-state index contributed by atoms with van der Waals surface area (Å²) in [6, 6.07) is 5.29. The molecule has 0 aliphatic carbocycles. The fourth-order valence-corrected chi connectivity index (χ4v) is 3.35. The van der Waals surface area contributed by atoms with E-state index >= 15 is 0 Å². The van der Waals surface area contributed by atoms with Gasteiger partial charge in [-0.1, -0.05) is 25.9 Å². The Morgan fingerprint density at radius 3 is 2.59 bits per heavy atom. The third-order valence-corrected chi connectivity index (χ3v) is 4.86. The molecule has 32 heavy (non-hydrogen) atoms. The number of hydrogen-bond acceptors (Lipinski definition) is 8. The van der Waals surface area contributed by atoms with Crippen LogP contribution in [0.2, 0.25) is 0 Å². The van der Waals surface area contributed by atoms with Gasteiger partial charge < -0.3 is 14.2 Å². The minimum atomic E-state index is -0.271. The van der Waals surface area contributed by atoms with Crippen LogP contribution >= 0.6 is 0 Å². The van der Waals surface area contributed by atoms with E-state index in [1.165, 1.54) is 4.90 Å². The summed E-state index contributed by atoms with van der Waals surface area (Å²) in [5, 5.41) is 17.1. The Morgan fingerprint density at radius 1 is 1.22 bits per heavy atom. The van der Waals surface area contributed by atoms with Gasteiger partial charge in [0.1, 0.15) is 12.4 Å². The Bertz CT molecular complexity index is 1270. The molecule has 0 unspecified atom stereocenters. The van der Waals surface area contributed by atoms with Gasteiger partial charge in [0, 0.05) is 31.9 Å². The fourth-order valence-electron chi connectivity index (χ4n) is 3.35. The molecule has 0 bridgehead atoms. The van der Waals surface area contributed by atoms with Crippen molar-refractivity contribution in [3.63, 3.8) is 0 Å². The molecular weight excluding hydrogens is 410 g/mol. The van der Waals surface area contributed by atoms with Crippen LogP contribution in [0.15, 0.2) is 35.1 Å². The molecule has 4 heterocycles. The molecular formula is C22H25N7O3. The molecule has 4 aromatic heterocycles. The van der Waals surface area contributed by atoms with E-state index in [0.29, 0.717) is 34.4 Å². The third kappa shape index (κ3) is 4.03. The van der Waals surface area contributed by atoms with E-state index in [0.717, 1.165) is 11.1 Å². The summed E-state index contributed by atoms with van der Waals surface area (Å²) in [4.78, 5) is 17.9. The molecule has 0 saturated carbocycles. The lowest BCUT2D eigenvalue weighted by molar-refractivity contribution is 0.0827. The van der Waals surface area contributed by atoms with Crippen molar-refractivity contribution in [1.29, 1.82) is 0 Å². The smallest absolute Gasteiger partial charge is 0.254 e. The number of carbonyl (C=O) groups is 1. The summed E-state index contributed by atoms with van der Waals surface area (Å²) in [7, 11) is 3.41. The van der Waals surface area contributed by atoms with Crippen LogP contribution in [0.4, 0.5) is 0 Å². The molecule has 0 aliphatic heterocycles. The summed E-state index contributed by atoms with van der Waals surface area (Å²) in [5.41, 5.74) is 3.14. The molecule has 0 aliphatic rings. The highest BCUT2D eigenvalue weighted by Crippen LogP contribution is 2.35. The van der Waals surface area contributed by atoms with Crippen LogP contribution in [-0.4, -0.2) is 54.9 Å². The Balaban J connectivity index is 1.68. The van der Waals surface area contributed by atoms with Crippen LogP contribution in [0.25, 0.3) is 17.0 Å². The minimum Gasteiger partial charge on any atom is -0.470 e. The van der Waals surface area contributed by atoms with Crippen LogP contribution in [0, 0.1) is 6.92 Å². The van der Waals surface area contributed by atoms with Crippen LogP contribution in [0.1, 0.15) is 48.1 Å². The van der Waals surface area contributed by atoms with Gasteiger partial charge in [-0.25, -0.2) is 4.52 Å². The lowest BCUT2D eigenvalue weighted by atomic mass is 9.88. The van der Waals surface area contributed by atoms with Crippen molar-refractivity contribution in [2.45, 2.75) is 39.7 Å². The van der Waals surface area contributed by atoms with E-state index in [4.69, 9.17) is 9.26 Å². The summed E-state index contributed by atoms with van der Waals surface area (Å²) in [6.07, 6.45) is 3.21. The quantitative estimate of drug-likeness (QED) is 0.470. The first-order valence-electron chi connectivity index (χ1n) is 10.1. The highest BCUT2D eigenvalue weighted by molar-refractivity contribution is 5.93. The first kappa shape index (κ1) is 21.4. The van der Waals surface area contributed by atoms with Crippen molar-refractivity contribution in [3.8, 4) is 17.4 Å². The second-order valence-corrected chi connectivity index (χ2v) is 8.74. The monoisotopic (exact) mass is 435 g/mol. The van der Waals surface area contributed by atoms with Gasteiger partial charge in [-0.2, -0.15) is 5.10 Å². The van der Waals surface area contributed by atoms with Crippen LogP contribution in [0.5, 0.6) is 5.88 Å². The molecule has 0 aromatic carbocycles. The summed E-state index contributed by atoms with van der Waals surface area (Å²) in [6.45, 7) is 8.25. The van der Waals surface area contributed by atoms with E-state index < -0.39 is 0 Å². The number of ether oxygens (including phenoxy) is 1. The number of carbonyl (C=O) groups excluding carboxylic acids is 1. The fraction of sp³-hybridized carbons (Fsp3) is 0.364. The van der Waals surface area contributed by atoms with Gasteiger partial charge >= 0.3 is 0 Å². The van der Waals surface area contributed by atoms with Gasteiger partial charge in [0.15, 0.2) is 5.69 Å². The number of amides is 1. The molecule has 10 heteroatoms. The standard InChI is InChI=1S/C22H25N7O3/c1-13-9-16(27-32-13)19-25-24-11-17-18(22(2,3)4)20(26-29(17)19)31-12-15-8-7-14(10-23-15)21(30)28(5)6/h7-11H,12H2,1-6H3. The van der Waals surface area contributed by atoms with Gasteiger partial charge in [-0.05, 0) is 24.5 Å². The van der Waals surface area contributed by atoms with Crippen molar-refractivity contribution >= 4 is 11.4 Å². The maximum atomic E-state index is 12.1. The SMILES string of the molecule is Cc1cc(-c2nncc3c(C(C)(C)C)c(OCc4ccc(C(=O)N(C)C)cn4)nn23)no1. The van der Waals surface area contributed by atoms with Crippen LogP contribution < -0.4 is 4.74 Å². The molecule has 10 nitrogen and oxygen atoms in total. The minimum absolute atomic E-state index is 0.101. The molecule has 166 valence electrons. The van der Waals surface area contributed by atoms with Gasteiger partial charge in [0.25, 0.3) is 5.91 Å². The zero-order valence-corrected chi connectivity index (χ0v) is 18.9. The number of rotatable bonds is 5. The van der Waals surface area contributed by atoms with Gasteiger partial charge in [0.05, 0.1) is 23.0 Å². The molecule has 0 fully saturated rings. The lowest BCUT2D eigenvalue weighted by Gasteiger charge is -2.18. The topological polar surface area (TPSA) is 112 Å². The molecule has 4 rings (SSSR count). The van der Waals surface area contributed by atoms with Crippen LogP contribution in [-0.2, 0) is 12.0 Å². The summed E-state index contributed by atoms with van der Waals surface area (Å²) < 4.78 is 13.0. The maximum Gasteiger partial charge on any atom is 0.254 e. The number of pyridine rings is 1. The van der Waals surface area contributed by atoms with Crippen molar-refractivity contribution in [1.82, 2.24) is 34.9 Å².